The van der Waals surface area contributed by atoms with Gasteiger partial charge in [0.2, 0.25) is 0 Å². The molecule has 1 aromatic heterocycles. The zero-order valence-electron chi connectivity index (χ0n) is 16.8. The zero-order valence-corrected chi connectivity index (χ0v) is 17.6. The zero-order chi connectivity index (χ0) is 22.3. The first-order valence-corrected chi connectivity index (χ1v) is 10.7. The van der Waals surface area contributed by atoms with Crippen molar-refractivity contribution < 1.29 is 14.5 Å². The molecule has 0 atom stereocenters. The Bertz CT molecular complexity index is 1230. The maximum atomic E-state index is 12.6. The lowest BCUT2D eigenvalue weighted by molar-refractivity contribution is -0.384. The van der Waals surface area contributed by atoms with Crippen molar-refractivity contribution in [1.29, 1.82) is 0 Å². The number of thioether (sulfide) groups is 1. The molecule has 0 spiro atoms. The number of hydrogen-bond donors (Lipinski definition) is 0. The maximum Gasteiger partial charge on any atom is 0.270 e. The van der Waals surface area contributed by atoms with Crippen LogP contribution in [0.15, 0.2) is 90.1 Å². The summed E-state index contributed by atoms with van der Waals surface area (Å²) in [7, 11) is 0. The first-order valence-electron chi connectivity index (χ1n) is 9.70. The number of nitrogens with zero attached hydrogens (tertiary/aromatic N) is 4. The first-order chi connectivity index (χ1) is 15.6. The van der Waals surface area contributed by atoms with Crippen LogP contribution in [0.1, 0.15) is 16.2 Å². The van der Waals surface area contributed by atoms with Crippen molar-refractivity contribution in [2.45, 2.75) is 11.8 Å². The van der Waals surface area contributed by atoms with E-state index in [1.165, 1.54) is 30.0 Å². The summed E-state index contributed by atoms with van der Waals surface area (Å²) in [4.78, 5) is 23.1. The molecule has 0 amide bonds. The largest absolute Gasteiger partial charge is 0.486 e. The number of para-hydroxylation sites is 2. The molecule has 0 fully saturated rings. The maximum absolute atomic E-state index is 12.6. The van der Waals surface area contributed by atoms with Crippen LogP contribution in [0.4, 0.5) is 5.69 Å². The van der Waals surface area contributed by atoms with E-state index in [4.69, 9.17) is 4.74 Å². The fourth-order valence-electron chi connectivity index (χ4n) is 2.99. The quantitative estimate of drug-likeness (QED) is 0.159. The fraction of sp³-hybridized carbons (Fsp3) is 0.0870. The van der Waals surface area contributed by atoms with Gasteiger partial charge in [-0.3, -0.25) is 19.5 Å². The molecule has 4 rings (SSSR count). The van der Waals surface area contributed by atoms with Crippen LogP contribution in [0, 0.1) is 10.1 Å². The van der Waals surface area contributed by atoms with Crippen LogP contribution in [0.2, 0.25) is 0 Å². The van der Waals surface area contributed by atoms with Gasteiger partial charge >= 0.3 is 0 Å². The third kappa shape index (κ3) is 5.01. The summed E-state index contributed by atoms with van der Waals surface area (Å²) in [5.74, 6) is 1.13. The lowest BCUT2D eigenvalue weighted by atomic mass is 10.1. The van der Waals surface area contributed by atoms with Crippen molar-refractivity contribution in [3.05, 3.63) is 106 Å². The Morgan fingerprint density at radius 1 is 0.969 bits per heavy atom. The summed E-state index contributed by atoms with van der Waals surface area (Å²) in [5.41, 5.74) is 1.01. The molecule has 8 nitrogen and oxygen atoms in total. The Hall–Kier alpha value is -3.98. The van der Waals surface area contributed by atoms with E-state index in [1.54, 1.807) is 6.07 Å². The summed E-state index contributed by atoms with van der Waals surface area (Å²) in [6.45, 7) is 0.200. The predicted molar refractivity (Wildman–Crippen MR) is 120 cm³/mol. The highest BCUT2D eigenvalue weighted by Gasteiger charge is 2.18. The molecule has 0 aliphatic heterocycles. The molecular weight excluding hydrogens is 428 g/mol. The predicted octanol–water partition coefficient (Wildman–Crippen LogP) is 4.73. The van der Waals surface area contributed by atoms with Gasteiger partial charge in [-0.2, -0.15) is 0 Å². The van der Waals surface area contributed by atoms with Crippen LogP contribution < -0.4 is 4.74 Å². The van der Waals surface area contributed by atoms with E-state index >= 15 is 0 Å². The normalized spacial score (nSPS) is 10.6. The summed E-state index contributed by atoms with van der Waals surface area (Å²) >= 11 is 1.22. The molecular formula is C23H18N4O4S. The van der Waals surface area contributed by atoms with Gasteiger partial charge in [0.1, 0.15) is 12.4 Å². The molecule has 4 aromatic rings. The topological polar surface area (TPSA) is 100 Å². The highest BCUT2D eigenvalue weighted by Crippen LogP contribution is 2.24. The van der Waals surface area contributed by atoms with Gasteiger partial charge in [-0.1, -0.05) is 60.3 Å². The molecule has 0 unspecified atom stereocenters. The van der Waals surface area contributed by atoms with Gasteiger partial charge in [0.15, 0.2) is 16.8 Å². The number of benzene rings is 3. The molecule has 0 aliphatic carbocycles. The molecule has 1 heterocycles. The van der Waals surface area contributed by atoms with Crippen LogP contribution in [0.5, 0.6) is 5.75 Å². The monoisotopic (exact) mass is 446 g/mol. The van der Waals surface area contributed by atoms with Gasteiger partial charge in [0.05, 0.1) is 10.7 Å². The molecule has 9 heteroatoms. The Labute approximate surface area is 188 Å². The first kappa shape index (κ1) is 21.3. The number of nitro groups is 1. The second-order valence-electron chi connectivity index (χ2n) is 6.69. The number of carbonyl (C=O) groups is 1. The number of hydrogen-bond acceptors (Lipinski definition) is 7. The summed E-state index contributed by atoms with van der Waals surface area (Å²) in [6, 6.07) is 24.7. The van der Waals surface area contributed by atoms with Crippen LogP contribution in [-0.4, -0.2) is 31.2 Å². The number of aromatic nitrogens is 3. The van der Waals surface area contributed by atoms with E-state index in [0.717, 1.165) is 5.69 Å². The van der Waals surface area contributed by atoms with Crippen molar-refractivity contribution in [3.63, 3.8) is 0 Å². The third-order valence-electron chi connectivity index (χ3n) is 4.54. The lowest BCUT2D eigenvalue weighted by Gasteiger charge is -2.11. The summed E-state index contributed by atoms with van der Waals surface area (Å²) < 4.78 is 7.68. The molecule has 0 N–H and O–H groups in total. The van der Waals surface area contributed by atoms with Gasteiger partial charge < -0.3 is 4.74 Å². The van der Waals surface area contributed by atoms with Gasteiger partial charge in [-0.05, 0) is 24.3 Å². The van der Waals surface area contributed by atoms with Crippen molar-refractivity contribution in [2.24, 2.45) is 0 Å². The Balaban J connectivity index is 1.54. The van der Waals surface area contributed by atoms with E-state index < -0.39 is 4.92 Å². The van der Waals surface area contributed by atoms with E-state index in [1.807, 2.05) is 65.2 Å². The lowest BCUT2D eigenvalue weighted by Crippen LogP contribution is -2.08. The van der Waals surface area contributed by atoms with Crippen molar-refractivity contribution >= 4 is 23.2 Å². The number of rotatable bonds is 9. The van der Waals surface area contributed by atoms with E-state index in [9.17, 15) is 14.9 Å². The van der Waals surface area contributed by atoms with Gasteiger partial charge in [0.25, 0.3) is 5.69 Å². The van der Waals surface area contributed by atoms with Gasteiger partial charge in [-0.15, -0.1) is 10.2 Å². The Kier molecular flexibility index (Phi) is 6.57. The molecule has 160 valence electrons. The Morgan fingerprint density at radius 2 is 1.69 bits per heavy atom. The molecule has 3 aromatic carbocycles. The minimum Gasteiger partial charge on any atom is -0.486 e. The smallest absolute Gasteiger partial charge is 0.270 e. The minimum absolute atomic E-state index is 0.0612. The number of Topliss-reactive ketones (excluding diaryl/α,β-unsaturated/α-hetero) is 1. The van der Waals surface area contributed by atoms with Gasteiger partial charge in [-0.25, -0.2) is 0 Å². The highest BCUT2D eigenvalue weighted by molar-refractivity contribution is 7.99. The van der Waals surface area contributed by atoms with Crippen LogP contribution in [-0.2, 0) is 6.61 Å². The fourth-order valence-corrected chi connectivity index (χ4v) is 3.86. The average molecular weight is 446 g/mol. The summed E-state index contributed by atoms with van der Waals surface area (Å²) in [5, 5.41) is 20.0. The number of non-ortho nitro benzene ring substituents is 1. The standard InChI is InChI=1S/C23H18N4O4S/c28-21(17-8-7-11-19(14-17)27(29)30)16-32-23-25-24-22(15-31-20-12-5-2-6-13-20)26(23)18-9-3-1-4-10-18/h1-14H,15-16H2. The average Bonchev–Trinajstić information content (AvgIpc) is 3.25. The second kappa shape index (κ2) is 9.88. The minimum atomic E-state index is -0.519. The van der Waals surface area contributed by atoms with Gasteiger partial charge in [0, 0.05) is 23.4 Å². The number of ketones is 1. The number of ether oxygens (including phenoxy) is 1. The van der Waals surface area contributed by atoms with E-state index in [2.05, 4.69) is 10.2 Å². The Morgan fingerprint density at radius 3 is 2.41 bits per heavy atom. The molecule has 0 saturated heterocycles. The van der Waals surface area contributed by atoms with E-state index in [0.29, 0.717) is 16.7 Å². The molecule has 0 aliphatic rings. The molecule has 0 bridgehead atoms. The molecule has 32 heavy (non-hydrogen) atoms. The van der Waals surface area contributed by atoms with Crippen molar-refractivity contribution in [2.75, 3.05) is 5.75 Å². The number of carbonyl (C=O) groups excluding carboxylic acids is 1. The van der Waals surface area contributed by atoms with Crippen LogP contribution in [0.25, 0.3) is 5.69 Å². The summed E-state index contributed by atoms with van der Waals surface area (Å²) in [6.07, 6.45) is 0. The van der Waals surface area contributed by atoms with Crippen LogP contribution in [0.3, 0.4) is 0 Å². The van der Waals surface area contributed by atoms with Crippen molar-refractivity contribution in [3.8, 4) is 11.4 Å². The van der Waals surface area contributed by atoms with Crippen molar-refractivity contribution in [1.82, 2.24) is 14.8 Å². The number of nitro benzene ring substituents is 1. The third-order valence-corrected chi connectivity index (χ3v) is 5.47. The SMILES string of the molecule is O=C(CSc1nnc(COc2ccccc2)n1-c1ccccc1)c1cccc([N+](=O)[O-])c1. The van der Waals surface area contributed by atoms with Crippen LogP contribution >= 0.6 is 11.8 Å². The van der Waals surface area contributed by atoms with E-state index in [-0.39, 0.29) is 29.4 Å². The highest BCUT2D eigenvalue weighted by atomic mass is 32.2. The second-order valence-corrected chi connectivity index (χ2v) is 7.63. The molecule has 0 saturated carbocycles. The molecule has 0 radical (unpaired) electrons.